The van der Waals surface area contributed by atoms with Crippen LogP contribution in [-0.4, -0.2) is 59.2 Å². The van der Waals surface area contributed by atoms with Gasteiger partial charge in [-0.05, 0) is 90.5 Å². The van der Waals surface area contributed by atoms with Gasteiger partial charge in [0.25, 0.3) is 5.91 Å². The summed E-state index contributed by atoms with van der Waals surface area (Å²) in [5.74, 6) is -0.565. The molecule has 2 amide bonds. The van der Waals surface area contributed by atoms with Crippen molar-refractivity contribution in [1.29, 1.82) is 0 Å². The number of nitrogens with zero attached hydrogens (tertiary/aromatic N) is 3. The quantitative estimate of drug-likeness (QED) is 0.242. The van der Waals surface area contributed by atoms with Gasteiger partial charge in [-0.2, -0.15) is 0 Å². The van der Waals surface area contributed by atoms with Crippen LogP contribution in [0.15, 0.2) is 78.2 Å². The summed E-state index contributed by atoms with van der Waals surface area (Å²) in [5, 5.41) is 4.10. The highest BCUT2D eigenvalue weighted by Crippen LogP contribution is 2.21. The largest absolute Gasteiger partial charge is 0.332 e. The van der Waals surface area contributed by atoms with Crippen molar-refractivity contribution in [3.8, 4) is 0 Å². The lowest BCUT2D eigenvalue weighted by Crippen LogP contribution is -2.45. The Kier molecular flexibility index (Phi) is 8.69. The van der Waals surface area contributed by atoms with E-state index in [4.69, 9.17) is 0 Å². The third kappa shape index (κ3) is 6.91. The molecule has 202 valence electrons. The SMILES string of the molecule is Cc1ccsc1CN(Cc1ccc(F)cc1)C(=O)CN(CCN1CCCC1)C(=O)c1ccc2ccccc2c1. The molecule has 5 nitrogen and oxygen atoms in total. The van der Waals surface area contributed by atoms with Crippen molar-refractivity contribution in [2.24, 2.45) is 0 Å². The van der Waals surface area contributed by atoms with Crippen LogP contribution in [-0.2, 0) is 17.9 Å². The van der Waals surface area contributed by atoms with E-state index in [-0.39, 0.29) is 24.2 Å². The van der Waals surface area contributed by atoms with Gasteiger partial charge in [-0.1, -0.05) is 42.5 Å². The molecule has 5 rings (SSSR count). The minimum atomic E-state index is -0.306. The molecule has 4 aromatic rings. The van der Waals surface area contributed by atoms with E-state index in [1.807, 2.05) is 60.8 Å². The Morgan fingerprint density at radius 3 is 2.36 bits per heavy atom. The highest BCUT2D eigenvalue weighted by molar-refractivity contribution is 7.10. The van der Waals surface area contributed by atoms with E-state index in [9.17, 15) is 14.0 Å². The summed E-state index contributed by atoms with van der Waals surface area (Å²) in [6, 6.07) is 22.0. The molecule has 1 aromatic heterocycles. The molecular weight excluding hydrogens is 509 g/mol. The second-order valence-electron chi connectivity index (χ2n) is 10.2. The molecule has 0 saturated carbocycles. The second-order valence-corrected chi connectivity index (χ2v) is 11.2. The van der Waals surface area contributed by atoms with Gasteiger partial charge in [0, 0.05) is 30.1 Å². The zero-order valence-corrected chi connectivity index (χ0v) is 23.1. The maximum atomic E-state index is 13.9. The summed E-state index contributed by atoms with van der Waals surface area (Å²) in [7, 11) is 0. The van der Waals surface area contributed by atoms with Crippen LogP contribution in [0.25, 0.3) is 10.8 Å². The van der Waals surface area contributed by atoms with Crippen LogP contribution in [0.1, 0.15) is 39.2 Å². The smallest absolute Gasteiger partial charge is 0.254 e. The molecule has 0 unspecified atom stereocenters. The number of hydrogen-bond donors (Lipinski definition) is 0. The predicted octanol–water partition coefficient (Wildman–Crippen LogP) is 6.12. The lowest BCUT2D eigenvalue weighted by atomic mass is 10.1. The Labute approximate surface area is 233 Å². The van der Waals surface area contributed by atoms with E-state index in [0.29, 0.717) is 25.2 Å². The maximum Gasteiger partial charge on any atom is 0.254 e. The third-order valence-corrected chi connectivity index (χ3v) is 8.44. The van der Waals surface area contributed by atoms with E-state index in [1.165, 1.54) is 25.0 Å². The lowest BCUT2D eigenvalue weighted by Gasteiger charge is -2.29. The van der Waals surface area contributed by atoms with Crippen molar-refractivity contribution < 1.29 is 14.0 Å². The molecule has 1 saturated heterocycles. The molecule has 39 heavy (non-hydrogen) atoms. The van der Waals surface area contributed by atoms with Gasteiger partial charge in [-0.25, -0.2) is 4.39 Å². The van der Waals surface area contributed by atoms with Crippen LogP contribution >= 0.6 is 11.3 Å². The number of rotatable bonds is 10. The van der Waals surface area contributed by atoms with Gasteiger partial charge in [0.05, 0.1) is 6.54 Å². The summed E-state index contributed by atoms with van der Waals surface area (Å²) >= 11 is 1.62. The molecular formula is C32H34FN3O2S. The standard InChI is InChI=1S/C32H34FN3O2S/c1-24-14-19-39-30(24)22-36(21-25-8-12-29(33)13-9-25)31(37)23-35(18-17-34-15-4-5-16-34)32(38)28-11-10-26-6-2-3-7-27(26)20-28/h2-3,6-14,19-20H,4-5,15-18,21-23H2,1H3. The molecule has 0 spiro atoms. The minimum absolute atomic E-state index is 0.00881. The average Bonchev–Trinajstić information content (AvgIpc) is 3.62. The summed E-state index contributed by atoms with van der Waals surface area (Å²) in [5.41, 5.74) is 2.57. The lowest BCUT2D eigenvalue weighted by molar-refractivity contribution is -0.133. The summed E-state index contributed by atoms with van der Waals surface area (Å²) in [4.78, 5) is 34.6. The average molecular weight is 544 g/mol. The fraction of sp³-hybridized carbons (Fsp3) is 0.312. The number of carbonyl (C=O) groups is 2. The summed E-state index contributed by atoms with van der Waals surface area (Å²) < 4.78 is 13.5. The monoisotopic (exact) mass is 543 g/mol. The Hall–Kier alpha value is -3.55. The number of thiophene rings is 1. The predicted molar refractivity (Wildman–Crippen MR) is 155 cm³/mol. The van der Waals surface area contributed by atoms with Crippen molar-refractivity contribution in [1.82, 2.24) is 14.7 Å². The molecule has 3 aromatic carbocycles. The number of carbonyl (C=O) groups excluding carboxylic acids is 2. The maximum absolute atomic E-state index is 13.9. The fourth-order valence-corrected chi connectivity index (χ4v) is 5.99. The van der Waals surface area contributed by atoms with Gasteiger partial charge in [0.15, 0.2) is 0 Å². The molecule has 2 heterocycles. The van der Waals surface area contributed by atoms with Crippen molar-refractivity contribution in [2.45, 2.75) is 32.9 Å². The molecule has 0 bridgehead atoms. The van der Waals surface area contributed by atoms with Crippen molar-refractivity contribution in [2.75, 3.05) is 32.7 Å². The third-order valence-electron chi connectivity index (χ3n) is 7.44. The zero-order chi connectivity index (χ0) is 27.2. The highest BCUT2D eigenvalue weighted by Gasteiger charge is 2.25. The first-order valence-corrected chi connectivity index (χ1v) is 14.4. The minimum Gasteiger partial charge on any atom is -0.332 e. The number of amides is 2. The van der Waals surface area contributed by atoms with Gasteiger partial charge < -0.3 is 14.7 Å². The Morgan fingerprint density at radius 1 is 0.897 bits per heavy atom. The summed E-state index contributed by atoms with van der Waals surface area (Å²) in [6.07, 6.45) is 2.34. The van der Waals surface area contributed by atoms with E-state index in [0.717, 1.165) is 46.4 Å². The second kappa shape index (κ2) is 12.5. The van der Waals surface area contributed by atoms with Gasteiger partial charge in [-0.15, -0.1) is 11.3 Å². The number of benzene rings is 3. The summed E-state index contributed by atoms with van der Waals surface area (Å²) in [6.45, 7) is 6.11. The number of aryl methyl sites for hydroxylation is 1. The Morgan fingerprint density at radius 2 is 1.64 bits per heavy atom. The van der Waals surface area contributed by atoms with Gasteiger partial charge >= 0.3 is 0 Å². The fourth-order valence-electron chi connectivity index (χ4n) is 5.07. The van der Waals surface area contributed by atoms with E-state index >= 15 is 0 Å². The van der Waals surface area contributed by atoms with E-state index in [2.05, 4.69) is 4.90 Å². The van der Waals surface area contributed by atoms with Crippen LogP contribution in [0.4, 0.5) is 4.39 Å². The van der Waals surface area contributed by atoms with E-state index in [1.54, 1.807) is 33.3 Å². The van der Waals surface area contributed by atoms with Crippen molar-refractivity contribution in [3.05, 3.63) is 106 Å². The molecule has 0 radical (unpaired) electrons. The van der Waals surface area contributed by atoms with Crippen LogP contribution in [0, 0.1) is 12.7 Å². The Bertz CT molecular complexity index is 1430. The van der Waals surface area contributed by atoms with E-state index < -0.39 is 0 Å². The first kappa shape index (κ1) is 27.0. The number of hydrogen-bond acceptors (Lipinski definition) is 4. The van der Waals surface area contributed by atoms with Gasteiger partial charge in [0.1, 0.15) is 12.4 Å². The molecule has 1 aliphatic heterocycles. The highest BCUT2D eigenvalue weighted by atomic mass is 32.1. The molecule has 1 fully saturated rings. The van der Waals surface area contributed by atoms with Crippen LogP contribution in [0.3, 0.4) is 0 Å². The number of halogens is 1. The molecule has 0 N–H and O–H groups in total. The number of likely N-dealkylation sites (tertiary alicyclic amines) is 1. The van der Waals surface area contributed by atoms with Crippen molar-refractivity contribution >= 4 is 33.9 Å². The topological polar surface area (TPSA) is 43.9 Å². The first-order valence-electron chi connectivity index (χ1n) is 13.5. The van der Waals surface area contributed by atoms with Crippen LogP contribution in [0.5, 0.6) is 0 Å². The zero-order valence-electron chi connectivity index (χ0n) is 22.3. The van der Waals surface area contributed by atoms with Gasteiger partial charge in [0.2, 0.25) is 5.91 Å². The molecule has 0 atom stereocenters. The van der Waals surface area contributed by atoms with Crippen LogP contribution in [0.2, 0.25) is 0 Å². The number of fused-ring (bicyclic) bond motifs is 1. The Balaban J connectivity index is 1.38. The molecule has 0 aliphatic carbocycles. The normalized spacial score (nSPS) is 13.6. The van der Waals surface area contributed by atoms with Gasteiger partial charge in [-0.3, -0.25) is 9.59 Å². The molecule has 1 aliphatic rings. The molecule has 7 heteroatoms. The first-order chi connectivity index (χ1) is 19.0. The van der Waals surface area contributed by atoms with Crippen LogP contribution < -0.4 is 0 Å². The van der Waals surface area contributed by atoms with Crippen molar-refractivity contribution in [3.63, 3.8) is 0 Å².